The van der Waals surface area contributed by atoms with E-state index in [1.54, 1.807) is 13.0 Å². The van der Waals surface area contributed by atoms with Crippen LogP contribution in [-0.4, -0.2) is 23.8 Å². The average Bonchev–Trinajstić information content (AvgIpc) is 2.59. The van der Waals surface area contributed by atoms with E-state index in [-0.39, 0.29) is 17.1 Å². The number of nitro groups is 1. The number of nitrogens with two attached hydrogens (primary N) is 1. The molecule has 8 heteroatoms. The Hall–Kier alpha value is -3.21. The van der Waals surface area contributed by atoms with Crippen LogP contribution >= 0.6 is 0 Å². The standard InChI is InChI=1S/C16H16N4O4/c1-3-12-14(16(21)24-2)13(11(8-17)15(18)19-12)9-5-4-6-10(7-9)20(22)23/h4-7,11,13H,3H2,1-2H3,(H2,18,19). The number of hydrogen-bond acceptors (Lipinski definition) is 7. The van der Waals surface area contributed by atoms with Crippen LogP contribution in [0.2, 0.25) is 0 Å². The number of nitriles is 1. The first-order valence-corrected chi connectivity index (χ1v) is 7.23. The van der Waals surface area contributed by atoms with Gasteiger partial charge in [-0.15, -0.1) is 0 Å². The number of amidine groups is 1. The Kier molecular flexibility index (Phi) is 4.94. The van der Waals surface area contributed by atoms with Crippen molar-refractivity contribution in [3.63, 3.8) is 0 Å². The Morgan fingerprint density at radius 3 is 2.79 bits per heavy atom. The van der Waals surface area contributed by atoms with Crippen LogP contribution in [0.1, 0.15) is 24.8 Å². The number of aliphatic imine (C=N–C) groups is 1. The summed E-state index contributed by atoms with van der Waals surface area (Å²) >= 11 is 0. The summed E-state index contributed by atoms with van der Waals surface area (Å²) in [6.45, 7) is 1.80. The van der Waals surface area contributed by atoms with Crippen molar-refractivity contribution in [3.8, 4) is 6.07 Å². The van der Waals surface area contributed by atoms with Gasteiger partial charge >= 0.3 is 5.97 Å². The maximum absolute atomic E-state index is 12.3. The van der Waals surface area contributed by atoms with E-state index >= 15 is 0 Å². The molecule has 0 spiro atoms. The number of methoxy groups -OCH3 is 1. The highest BCUT2D eigenvalue weighted by atomic mass is 16.6. The highest BCUT2D eigenvalue weighted by molar-refractivity contribution is 5.98. The molecule has 2 atom stereocenters. The number of rotatable bonds is 4. The van der Waals surface area contributed by atoms with Gasteiger partial charge in [-0.25, -0.2) is 9.79 Å². The van der Waals surface area contributed by atoms with Gasteiger partial charge in [-0.3, -0.25) is 10.1 Å². The first-order valence-electron chi connectivity index (χ1n) is 7.23. The molecular formula is C16H16N4O4. The number of non-ortho nitro benzene ring substituents is 1. The zero-order valence-electron chi connectivity index (χ0n) is 13.2. The van der Waals surface area contributed by atoms with Crippen LogP contribution in [0.15, 0.2) is 40.5 Å². The molecule has 0 saturated carbocycles. The van der Waals surface area contributed by atoms with Gasteiger partial charge in [0.2, 0.25) is 0 Å². The number of esters is 1. The number of nitrogens with zero attached hydrogens (tertiary/aromatic N) is 3. The quantitative estimate of drug-likeness (QED) is 0.511. The van der Waals surface area contributed by atoms with Crippen LogP contribution in [0.4, 0.5) is 5.69 Å². The Morgan fingerprint density at radius 1 is 1.54 bits per heavy atom. The molecule has 0 fully saturated rings. The normalized spacial score (nSPS) is 20.1. The molecular weight excluding hydrogens is 312 g/mol. The molecule has 2 rings (SSSR count). The summed E-state index contributed by atoms with van der Waals surface area (Å²) in [6.07, 6.45) is 0.411. The van der Waals surface area contributed by atoms with Crippen LogP contribution in [-0.2, 0) is 9.53 Å². The first-order chi connectivity index (χ1) is 11.4. The van der Waals surface area contributed by atoms with E-state index in [9.17, 15) is 20.2 Å². The number of carbonyl (C=O) groups excluding carboxylic acids is 1. The highest BCUT2D eigenvalue weighted by Crippen LogP contribution is 2.40. The van der Waals surface area contributed by atoms with Gasteiger partial charge in [0, 0.05) is 18.1 Å². The lowest BCUT2D eigenvalue weighted by Crippen LogP contribution is -2.35. The van der Waals surface area contributed by atoms with Crippen LogP contribution < -0.4 is 5.73 Å². The van der Waals surface area contributed by atoms with Crippen LogP contribution in [0.5, 0.6) is 0 Å². The highest BCUT2D eigenvalue weighted by Gasteiger charge is 2.39. The summed E-state index contributed by atoms with van der Waals surface area (Å²) in [5.74, 6) is -2.22. The van der Waals surface area contributed by atoms with Crippen LogP contribution in [0.3, 0.4) is 0 Å². The Labute approximate surface area is 138 Å². The number of hydrogen-bond donors (Lipinski definition) is 1. The summed E-state index contributed by atoms with van der Waals surface area (Å²) in [5.41, 5.74) is 6.83. The van der Waals surface area contributed by atoms with Crippen molar-refractivity contribution in [2.45, 2.75) is 19.3 Å². The topological polar surface area (TPSA) is 132 Å². The minimum absolute atomic E-state index is 0.0820. The fraction of sp³-hybridized carbons (Fsp3) is 0.312. The summed E-state index contributed by atoms with van der Waals surface area (Å²) in [7, 11) is 1.23. The molecule has 1 aromatic carbocycles. The van der Waals surface area contributed by atoms with Crippen molar-refractivity contribution in [1.82, 2.24) is 0 Å². The summed E-state index contributed by atoms with van der Waals surface area (Å²) in [4.78, 5) is 26.9. The monoisotopic (exact) mass is 328 g/mol. The van der Waals surface area contributed by atoms with Crippen molar-refractivity contribution < 1.29 is 14.5 Å². The van der Waals surface area contributed by atoms with Gasteiger partial charge in [0.25, 0.3) is 5.69 Å². The molecule has 8 nitrogen and oxygen atoms in total. The van der Waals surface area contributed by atoms with Crippen LogP contribution in [0, 0.1) is 27.4 Å². The second kappa shape index (κ2) is 6.91. The third kappa shape index (κ3) is 2.96. The molecule has 1 heterocycles. The van der Waals surface area contributed by atoms with Gasteiger partial charge in [0.15, 0.2) is 0 Å². The summed E-state index contributed by atoms with van der Waals surface area (Å²) in [5, 5.41) is 20.5. The van der Waals surface area contributed by atoms with E-state index in [4.69, 9.17) is 10.5 Å². The Balaban J connectivity index is 2.70. The van der Waals surface area contributed by atoms with Gasteiger partial charge in [0.1, 0.15) is 11.8 Å². The molecule has 0 amide bonds. The van der Waals surface area contributed by atoms with E-state index in [0.717, 1.165) is 0 Å². The number of allylic oxidation sites excluding steroid dienone is 1. The molecule has 2 N–H and O–H groups in total. The molecule has 0 bridgehead atoms. The molecule has 0 saturated heterocycles. The fourth-order valence-corrected chi connectivity index (χ4v) is 2.76. The smallest absolute Gasteiger partial charge is 0.336 e. The van der Waals surface area contributed by atoms with E-state index < -0.39 is 22.7 Å². The Morgan fingerprint density at radius 2 is 2.25 bits per heavy atom. The van der Waals surface area contributed by atoms with Crippen molar-refractivity contribution in [3.05, 3.63) is 51.2 Å². The number of benzene rings is 1. The van der Waals surface area contributed by atoms with Crippen LogP contribution in [0.25, 0.3) is 0 Å². The fourth-order valence-electron chi connectivity index (χ4n) is 2.76. The van der Waals surface area contributed by atoms with Crippen molar-refractivity contribution >= 4 is 17.5 Å². The van der Waals surface area contributed by atoms with Gasteiger partial charge in [-0.05, 0) is 12.0 Å². The lowest BCUT2D eigenvalue weighted by molar-refractivity contribution is -0.384. The maximum Gasteiger partial charge on any atom is 0.336 e. The van der Waals surface area contributed by atoms with Gasteiger partial charge in [-0.1, -0.05) is 19.1 Å². The lowest BCUT2D eigenvalue weighted by atomic mass is 9.77. The maximum atomic E-state index is 12.3. The number of ether oxygens (including phenoxy) is 1. The Bertz CT molecular complexity index is 792. The van der Waals surface area contributed by atoms with Gasteiger partial charge in [0.05, 0.1) is 29.4 Å². The van der Waals surface area contributed by atoms with E-state index in [1.165, 1.54) is 25.3 Å². The molecule has 0 aliphatic carbocycles. The molecule has 0 radical (unpaired) electrons. The SMILES string of the molecule is CCC1=C(C(=O)OC)C(c2cccc([N+](=O)[O-])c2)C(C#N)C(N)=N1. The lowest BCUT2D eigenvalue weighted by Gasteiger charge is -2.28. The number of carbonyl (C=O) groups is 1. The van der Waals surface area contributed by atoms with E-state index in [2.05, 4.69) is 4.99 Å². The van der Waals surface area contributed by atoms with E-state index in [1.807, 2.05) is 6.07 Å². The summed E-state index contributed by atoms with van der Waals surface area (Å²) < 4.78 is 4.83. The molecule has 0 aromatic heterocycles. The average molecular weight is 328 g/mol. The predicted molar refractivity (Wildman–Crippen MR) is 85.9 cm³/mol. The van der Waals surface area contributed by atoms with Gasteiger partial charge in [-0.2, -0.15) is 5.26 Å². The van der Waals surface area contributed by atoms with Crippen molar-refractivity contribution in [2.75, 3.05) is 7.11 Å². The zero-order valence-corrected chi connectivity index (χ0v) is 13.2. The largest absolute Gasteiger partial charge is 0.466 e. The minimum atomic E-state index is -0.906. The van der Waals surface area contributed by atoms with E-state index in [0.29, 0.717) is 17.7 Å². The number of nitro benzene ring substituents is 1. The zero-order chi connectivity index (χ0) is 17.9. The minimum Gasteiger partial charge on any atom is -0.466 e. The first kappa shape index (κ1) is 17.1. The second-order valence-electron chi connectivity index (χ2n) is 5.18. The third-order valence-electron chi connectivity index (χ3n) is 3.86. The third-order valence-corrected chi connectivity index (χ3v) is 3.86. The second-order valence-corrected chi connectivity index (χ2v) is 5.18. The van der Waals surface area contributed by atoms with Crippen molar-refractivity contribution in [1.29, 1.82) is 5.26 Å². The molecule has 124 valence electrons. The van der Waals surface area contributed by atoms with Gasteiger partial charge < -0.3 is 10.5 Å². The predicted octanol–water partition coefficient (Wildman–Crippen LogP) is 2.03. The van der Waals surface area contributed by atoms with Crippen molar-refractivity contribution in [2.24, 2.45) is 16.6 Å². The molecule has 2 unspecified atom stereocenters. The molecule has 24 heavy (non-hydrogen) atoms. The summed E-state index contributed by atoms with van der Waals surface area (Å²) in [6, 6.07) is 7.84. The molecule has 1 aromatic rings. The molecule has 1 aliphatic heterocycles. The molecule has 1 aliphatic rings.